The Kier molecular flexibility index (Phi) is 3.35. The molecule has 1 N–H and O–H groups in total. The molecule has 0 atom stereocenters. The van der Waals surface area contributed by atoms with E-state index in [0.717, 1.165) is 18.9 Å². The molecular weight excluding hydrogens is 317 g/mol. The first-order valence-corrected chi connectivity index (χ1v) is 6.57. The zero-order valence-electron chi connectivity index (χ0n) is 12.0. The normalized spacial score (nSPS) is 12.1. The minimum atomic E-state index is -5.00. The van der Waals surface area contributed by atoms with Crippen LogP contribution in [-0.4, -0.2) is 15.0 Å². The molecule has 0 spiro atoms. The number of H-pyrrole nitrogens is 1. The molecule has 1 aromatic carbocycles. The van der Waals surface area contributed by atoms with E-state index in [1.54, 1.807) is 19.1 Å². The van der Waals surface area contributed by atoms with Gasteiger partial charge in [-0.15, -0.1) is 0 Å². The first kappa shape index (κ1) is 15.4. The second-order valence-corrected chi connectivity index (χ2v) is 5.13. The molecule has 0 aliphatic heterocycles. The standard InChI is InChI=1S/C15H10F5N3/c1-6-3-4-8(23-6)13-9-11(16)7(2)12(17)10(15(18,19)20)14(9)22-5-21-13/h3-5,23H,1-2H3. The third kappa shape index (κ3) is 2.34. The molecule has 0 saturated heterocycles. The van der Waals surface area contributed by atoms with Gasteiger partial charge in [0.05, 0.1) is 16.6 Å². The van der Waals surface area contributed by atoms with Gasteiger partial charge in [-0.05, 0) is 26.0 Å². The lowest BCUT2D eigenvalue weighted by Gasteiger charge is -2.15. The molecule has 0 unspecified atom stereocenters. The van der Waals surface area contributed by atoms with E-state index in [1.165, 1.54) is 0 Å². The summed E-state index contributed by atoms with van der Waals surface area (Å²) in [5, 5.41) is -0.458. The molecule has 3 rings (SSSR count). The summed E-state index contributed by atoms with van der Waals surface area (Å²) in [5.74, 6) is -2.76. The number of hydrogen-bond donors (Lipinski definition) is 1. The Morgan fingerprint density at radius 2 is 1.70 bits per heavy atom. The van der Waals surface area contributed by atoms with Crippen LogP contribution in [0.15, 0.2) is 18.5 Å². The predicted octanol–water partition coefficient (Wildman–Crippen LogP) is 4.54. The zero-order chi connectivity index (χ0) is 16.9. The average Bonchev–Trinajstić information content (AvgIpc) is 2.89. The Morgan fingerprint density at radius 1 is 1.00 bits per heavy atom. The van der Waals surface area contributed by atoms with Gasteiger partial charge in [0.25, 0.3) is 0 Å². The van der Waals surface area contributed by atoms with Crippen molar-refractivity contribution < 1.29 is 22.0 Å². The van der Waals surface area contributed by atoms with E-state index in [4.69, 9.17) is 0 Å². The number of fused-ring (bicyclic) bond motifs is 1. The SMILES string of the molecule is Cc1ccc(-c2ncnc3c(C(F)(F)F)c(F)c(C)c(F)c23)[nH]1. The summed E-state index contributed by atoms with van der Waals surface area (Å²) in [7, 11) is 0. The fourth-order valence-electron chi connectivity index (χ4n) is 2.46. The summed E-state index contributed by atoms with van der Waals surface area (Å²) in [4.78, 5) is 10.2. The molecule has 23 heavy (non-hydrogen) atoms. The number of benzene rings is 1. The van der Waals surface area contributed by atoms with Crippen molar-refractivity contribution >= 4 is 10.9 Å². The number of aromatic amines is 1. The smallest absolute Gasteiger partial charge is 0.357 e. The Bertz CT molecular complexity index is 912. The molecule has 0 aliphatic carbocycles. The molecule has 120 valence electrons. The topological polar surface area (TPSA) is 41.6 Å². The maximum absolute atomic E-state index is 14.5. The fourth-order valence-corrected chi connectivity index (χ4v) is 2.46. The molecule has 0 radical (unpaired) electrons. The fraction of sp³-hybridized carbons (Fsp3) is 0.200. The first-order valence-electron chi connectivity index (χ1n) is 6.57. The van der Waals surface area contributed by atoms with Crippen molar-refractivity contribution in [3.8, 4) is 11.4 Å². The second-order valence-electron chi connectivity index (χ2n) is 5.13. The van der Waals surface area contributed by atoms with Crippen LogP contribution in [0.25, 0.3) is 22.3 Å². The van der Waals surface area contributed by atoms with Gasteiger partial charge in [-0.3, -0.25) is 0 Å². The van der Waals surface area contributed by atoms with E-state index >= 15 is 0 Å². The number of hydrogen-bond acceptors (Lipinski definition) is 2. The highest BCUT2D eigenvalue weighted by Crippen LogP contribution is 2.40. The van der Waals surface area contributed by atoms with Crippen LogP contribution in [0, 0.1) is 25.5 Å². The highest BCUT2D eigenvalue weighted by Gasteiger charge is 2.39. The van der Waals surface area contributed by atoms with Crippen LogP contribution < -0.4 is 0 Å². The second kappa shape index (κ2) is 5.00. The van der Waals surface area contributed by atoms with Crippen molar-refractivity contribution in [1.29, 1.82) is 0 Å². The first-order chi connectivity index (χ1) is 10.7. The lowest BCUT2D eigenvalue weighted by Crippen LogP contribution is -2.13. The Balaban J connectivity index is 2.50. The monoisotopic (exact) mass is 327 g/mol. The van der Waals surface area contributed by atoms with Crippen molar-refractivity contribution in [2.75, 3.05) is 0 Å². The lowest BCUT2D eigenvalue weighted by atomic mass is 10.0. The molecule has 0 saturated carbocycles. The number of halogens is 5. The number of nitrogens with zero attached hydrogens (tertiary/aromatic N) is 2. The summed E-state index contributed by atoms with van der Waals surface area (Å²) in [6.45, 7) is 2.69. The quantitative estimate of drug-likeness (QED) is 0.667. The van der Waals surface area contributed by atoms with Gasteiger partial charge in [0.2, 0.25) is 0 Å². The molecular formula is C15H10F5N3. The van der Waals surface area contributed by atoms with Gasteiger partial charge in [0, 0.05) is 11.3 Å². The minimum Gasteiger partial charge on any atom is -0.357 e. The van der Waals surface area contributed by atoms with Crippen LogP contribution in [-0.2, 0) is 6.18 Å². The van der Waals surface area contributed by atoms with Gasteiger partial charge in [-0.1, -0.05) is 0 Å². The summed E-state index contributed by atoms with van der Waals surface area (Å²) >= 11 is 0. The average molecular weight is 327 g/mol. The molecule has 0 bridgehead atoms. The summed E-state index contributed by atoms with van der Waals surface area (Å²) in [6, 6.07) is 3.23. The molecule has 2 heterocycles. The maximum Gasteiger partial charge on any atom is 0.421 e. The molecule has 3 nitrogen and oxygen atoms in total. The van der Waals surface area contributed by atoms with Crippen molar-refractivity contribution in [2.45, 2.75) is 20.0 Å². The zero-order valence-corrected chi connectivity index (χ0v) is 12.0. The third-order valence-electron chi connectivity index (χ3n) is 3.55. The molecule has 0 aliphatic rings. The predicted molar refractivity (Wildman–Crippen MR) is 73.7 cm³/mol. The molecule has 3 aromatic rings. The third-order valence-corrected chi connectivity index (χ3v) is 3.55. The molecule has 0 fully saturated rings. The van der Waals surface area contributed by atoms with Gasteiger partial charge in [0.1, 0.15) is 29.2 Å². The van der Waals surface area contributed by atoms with Crippen LogP contribution in [0.2, 0.25) is 0 Å². The number of alkyl halides is 3. The van der Waals surface area contributed by atoms with Gasteiger partial charge in [-0.2, -0.15) is 13.2 Å². The Labute approximate surface area is 127 Å². The summed E-state index contributed by atoms with van der Waals surface area (Å²) in [6.07, 6.45) is -4.14. The van der Waals surface area contributed by atoms with Gasteiger partial charge >= 0.3 is 6.18 Å². The van der Waals surface area contributed by atoms with Crippen LogP contribution >= 0.6 is 0 Å². The molecule has 8 heteroatoms. The largest absolute Gasteiger partial charge is 0.421 e. The number of rotatable bonds is 1. The van der Waals surface area contributed by atoms with Crippen LogP contribution in [0.4, 0.5) is 22.0 Å². The van der Waals surface area contributed by atoms with Crippen molar-refractivity contribution in [3.05, 3.63) is 46.9 Å². The van der Waals surface area contributed by atoms with Gasteiger partial charge < -0.3 is 4.98 Å². The Hall–Kier alpha value is -2.51. The number of aryl methyl sites for hydroxylation is 1. The van der Waals surface area contributed by atoms with E-state index < -0.39 is 39.8 Å². The Morgan fingerprint density at radius 3 is 2.26 bits per heavy atom. The van der Waals surface area contributed by atoms with E-state index in [2.05, 4.69) is 15.0 Å². The van der Waals surface area contributed by atoms with Gasteiger partial charge in [0.15, 0.2) is 0 Å². The van der Waals surface area contributed by atoms with Crippen molar-refractivity contribution in [2.24, 2.45) is 0 Å². The highest BCUT2D eigenvalue weighted by atomic mass is 19.4. The van der Waals surface area contributed by atoms with Gasteiger partial charge in [-0.25, -0.2) is 18.7 Å². The van der Waals surface area contributed by atoms with E-state index in [-0.39, 0.29) is 5.69 Å². The maximum atomic E-state index is 14.5. The summed E-state index contributed by atoms with van der Waals surface area (Å²) < 4.78 is 68.1. The van der Waals surface area contributed by atoms with Crippen molar-refractivity contribution in [1.82, 2.24) is 15.0 Å². The minimum absolute atomic E-state index is 0.0470. The molecule has 0 amide bonds. The highest BCUT2D eigenvalue weighted by molar-refractivity contribution is 5.94. The number of nitrogens with one attached hydrogen (secondary N) is 1. The van der Waals surface area contributed by atoms with Crippen molar-refractivity contribution in [3.63, 3.8) is 0 Å². The summed E-state index contributed by atoms with van der Waals surface area (Å²) in [5.41, 5.74) is -2.10. The molecule has 2 aromatic heterocycles. The number of aromatic nitrogens is 3. The van der Waals surface area contributed by atoms with E-state index in [9.17, 15) is 22.0 Å². The lowest BCUT2D eigenvalue weighted by molar-refractivity contribution is -0.138. The van der Waals surface area contributed by atoms with Crippen LogP contribution in [0.5, 0.6) is 0 Å². The van der Waals surface area contributed by atoms with E-state index in [1.807, 2.05) is 0 Å². The van der Waals surface area contributed by atoms with E-state index in [0.29, 0.717) is 5.69 Å². The van der Waals surface area contributed by atoms with Crippen LogP contribution in [0.1, 0.15) is 16.8 Å². The van der Waals surface area contributed by atoms with Crippen LogP contribution in [0.3, 0.4) is 0 Å².